The number of aromatic nitrogens is 2. The summed E-state index contributed by atoms with van der Waals surface area (Å²) in [6.07, 6.45) is 0. The van der Waals surface area contributed by atoms with Crippen LogP contribution in [0.4, 0.5) is 10.8 Å². The van der Waals surface area contributed by atoms with Gasteiger partial charge in [-0.3, -0.25) is 4.79 Å². The highest BCUT2D eigenvalue weighted by Crippen LogP contribution is 2.20. The third-order valence-electron chi connectivity index (χ3n) is 2.80. The molecule has 0 bridgehead atoms. The van der Waals surface area contributed by atoms with Crippen LogP contribution in [0.5, 0.6) is 0 Å². The first-order chi connectivity index (χ1) is 9.11. The average molecular weight is 276 g/mol. The third-order valence-corrected chi connectivity index (χ3v) is 3.68. The van der Waals surface area contributed by atoms with E-state index in [-0.39, 0.29) is 5.91 Å². The maximum absolute atomic E-state index is 12.1. The van der Waals surface area contributed by atoms with Crippen molar-refractivity contribution < 1.29 is 4.79 Å². The van der Waals surface area contributed by atoms with Gasteiger partial charge in [0.25, 0.3) is 5.91 Å². The molecule has 1 aromatic carbocycles. The summed E-state index contributed by atoms with van der Waals surface area (Å²) in [5.41, 5.74) is 3.01. The number of aryl methyl sites for hydroxylation is 1. The molecule has 0 atom stereocenters. The van der Waals surface area contributed by atoms with Gasteiger partial charge < -0.3 is 10.6 Å². The number of nitrogens with zero attached hydrogens (tertiary/aromatic N) is 2. The van der Waals surface area contributed by atoms with Crippen molar-refractivity contribution in [2.24, 2.45) is 0 Å². The summed E-state index contributed by atoms with van der Waals surface area (Å²) in [5, 5.41) is 14.7. The lowest BCUT2D eigenvalue weighted by Gasteiger charge is -2.08. The second-order valence-corrected chi connectivity index (χ2v) is 5.12. The molecular weight excluding hydrogens is 260 g/mol. The van der Waals surface area contributed by atoms with Crippen LogP contribution in [-0.4, -0.2) is 22.6 Å². The molecule has 0 aliphatic carbocycles. The second kappa shape index (κ2) is 5.79. The van der Waals surface area contributed by atoms with Gasteiger partial charge in [-0.2, -0.15) is 0 Å². The molecule has 1 aromatic heterocycles. The van der Waals surface area contributed by atoms with Gasteiger partial charge in [-0.1, -0.05) is 23.5 Å². The average Bonchev–Trinajstić information content (AvgIpc) is 2.84. The summed E-state index contributed by atoms with van der Waals surface area (Å²) in [7, 11) is 0. The molecule has 0 spiro atoms. The number of hydrogen-bond donors (Lipinski definition) is 2. The molecule has 2 aromatic rings. The van der Waals surface area contributed by atoms with E-state index in [1.54, 1.807) is 0 Å². The van der Waals surface area contributed by atoms with E-state index in [4.69, 9.17) is 0 Å². The molecule has 0 aliphatic rings. The van der Waals surface area contributed by atoms with E-state index in [1.807, 2.05) is 39.0 Å². The highest BCUT2D eigenvalue weighted by Gasteiger charge is 2.13. The third kappa shape index (κ3) is 3.08. The van der Waals surface area contributed by atoms with Crippen LogP contribution in [0.2, 0.25) is 0 Å². The Bertz CT molecular complexity index is 594. The maximum Gasteiger partial charge on any atom is 0.286 e. The Kier molecular flexibility index (Phi) is 4.11. The maximum atomic E-state index is 12.1. The molecule has 5 nitrogen and oxygen atoms in total. The van der Waals surface area contributed by atoms with Gasteiger partial charge in [0.05, 0.1) is 0 Å². The highest BCUT2D eigenvalue weighted by molar-refractivity contribution is 7.17. The highest BCUT2D eigenvalue weighted by atomic mass is 32.1. The molecule has 1 amide bonds. The van der Waals surface area contributed by atoms with E-state index in [0.717, 1.165) is 23.4 Å². The number of anilines is 2. The van der Waals surface area contributed by atoms with Crippen LogP contribution in [0.25, 0.3) is 0 Å². The molecule has 19 heavy (non-hydrogen) atoms. The zero-order chi connectivity index (χ0) is 13.8. The molecule has 6 heteroatoms. The molecule has 0 fully saturated rings. The number of carbonyl (C=O) groups excluding carboxylic acids is 1. The van der Waals surface area contributed by atoms with Crippen LogP contribution in [0.3, 0.4) is 0 Å². The molecular formula is C13H16N4OS. The Labute approximate surface area is 116 Å². The summed E-state index contributed by atoms with van der Waals surface area (Å²) in [6.45, 7) is 6.72. The minimum Gasteiger partial charge on any atom is -0.360 e. The van der Waals surface area contributed by atoms with Crippen molar-refractivity contribution >= 4 is 28.1 Å². The van der Waals surface area contributed by atoms with Crippen LogP contribution >= 0.6 is 11.3 Å². The molecule has 0 aliphatic heterocycles. The molecule has 1 heterocycles. The van der Waals surface area contributed by atoms with Gasteiger partial charge in [-0.05, 0) is 38.0 Å². The zero-order valence-corrected chi connectivity index (χ0v) is 12.0. The first-order valence-corrected chi connectivity index (χ1v) is 6.88. The number of nitrogens with one attached hydrogen (secondary N) is 2. The van der Waals surface area contributed by atoms with E-state index in [2.05, 4.69) is 20.8 Å². The lowest BCUT2D eigenvalue weighted by atomic mass is 10.1. The quantitative estimate of drug-likeness (QED) is 0.901. The molecule has 100 valence electrons. The molecule has 0 saturated carbocycles. The van der Waals surface area contributed by atoms with Crippen LogP contribution in [-0.2, 0) is 0 Å². The van der Waals surface area contributed by atoms with Crippen molar-refractivity contribution in [2.75, 3.05) is 17.2 Å². The smallest absolute Gasteiger partial charge is 0.286 e. The van der Waals surface area contributed by atoms with Crippen molar-refractivity contribution in [3.63, 3.8) is 0 Å². The largest absolute Gasteiger partial charge is 0.360 e. The topological polar surface area (TPSA) is 66.9 Å². The molecule has 0 radical (unpaired) electrons. The summed E-state index contributed by atoms with van der Waals surface area (Å²) < 4.78 is 0. The first-order valence-electron chi connectivity index (χ1n) is 6.06. The fourth-order valence-electron chi connectivity index (χ4n) is 1.60. The van der Waals surface area contributed by atoms with Gasteiger partial charge in [-0.25, -0.2) is 0 Å². The van der Waals surface area contributed by atoms with E-state index < -0.39 is 0 Å². The van der Waals surface area contributed by atoms with Gasteiger partial charge in [0.15, 0.2) is 0 Å². The van der Waals surface area contributed by atoms with Gasteiger partial charge in [-0.15, -0.1) is 10.2 Å². The van der Waals surface area contributed by atoms with Gasteiger partial charge in [0.2, 0.25) is 10.1 Å². The number of carbonyl (C=O) groups is 1. The van der Waals surface area contributed by atoms with Crippen LogP contribution < -0.4 is 10.6 Å². The van der Waals surface area contributed by atoms with Crippen LogP contribution in [0.15, 0.2) is 18.2 Å². The van der Waals surface area contributed by atoms with Crippen LogP contribution in [0.1, 0.15) is 27.9 Å². The van der Waals surface area contributed by atoms with Gasteiger partial charge >= 0.3 is 0 Å². The Hall–Kier alpha value is -1.95. The number of benzene rings is 1. The van der Waals surface area contributed by atoms with Crippen LogP contribution in [0, 0.1) is 13.8 Å². The Morgan fingerprint density at radius 1 is 1.32 bits per heavy atom. The molecule has 2 rings (SSSR count). The molecule has 2 N–H and O–H groups in total. The number of rotatable bonds is 4. The lowest BCUT2D eigenvalue weighted by molar-refractivity contribution is 0.102. The second-order valence-electron chi connectivity index (χ2n) is 4.14. The van der Waals surface area contributed by atoms with Crippen molar-refractivity contribution in [3.05, 3.63) is 34.3 Å². The molecule has 0 unspecified atom stereocenters. The number of amides is 1. The fourth-order valence-corrected chi connectivity index (χ4v) is 2.31. The standard InChI is InChI=1S/C13H16N4OS/c1-4-14-13-17-16-12(19-13)11(18)15-10-7-5-6-8(2)9(10)3/h5-7H,4H2,1-3H3,(H,14,17)(H,15,18). The normalized spacial score (nSPS) is 10.3. The van der Waals surface area contributed by atoms with Gasteiger partial charge in [0, 0.05) is 12.2 Å². The lowest BCUT2D eigenvalue weighted by Crippen LogP contribution is -2.12. The summed E-state index contributed by atoms with van der Waals surface area (Å²) >= 11 is 1.25. The monoisotopic (exact) mass is 276 g/mol. The molecule has 0 saturated heterocycles. The Morgan fingerprint density at radius 3 is 2.84 bits per heavy atom. The van der Waals surface area contributed by atoms with E-state index in [1.165, 1.54) is 11.3 Å². The fraction of sp³-hybridized carbons (Fsp3) is 0.308. The van der Waals surface area contributed by atoms with Crippen molar-refractivity contribution in [1.29, 1.82) is 0 Å². The summed E-state index contributed by atoms with van der Waals surface area (Å²) in [4.78, 5) is 12.1. The van der Waals surface area contributed by atoms with Crippen molar-refractivity contribution in [3.8, 4) is 0 Å². The predicted octanol–water partition coefficient (Wildman–Crippen LogP) is 2.84. The van der Waals surface area contributed by atoms with Crippen molar-refractivity contribution in [2.45, 2.75) is 20.8 Å². The first kappa shape index (κ1) is 13.5. The van der Waals surface area contributed by atoms with E-state index >= 15 is 0 Å². The summed E-state index contributed by atoms with van der Waals surface area (Å²) in [6, 6.07) is 5.81. The minimum absolute atomic E-state index is 0.227. The summed E-state index contributed by atoms with van der Waals surface area (Å²) in [5.74, 6) is -0.227. The van der Waals surface area contributed by atoms with Gasteiger partial charge in [0.1, 0.15) is 0 Å². The predicted molar refractivity (Wildman–Crippen MR) is 77.9 cm³/mol. The van der Waals surface area contributed by atoms with E-state index in [0.29, 0.717) is 10.1 Å². The number of hydrogen-bond acceptors (Lipinski definition) is 5. The zero-order valence-electron chi connectivity index (χ0n) is 11.2. The Balaban J connectivity index is 2.14. The van der Waals surface area contributed by atoms with E-state index in [9.17, 15) is 4.79 Å². The minimum atomic E-state index is -0.227. The Morgan fingerprint density at radius 2 is 2.11 bits per heavy atom. The van der Waals surface area contributed by atoms with Crippen molar-refractivity contribution in [1.82, 2.24) is 10.2 Å². The SMILES string of the molecule is CCNc1nnc(C(=O)Nc2cccc(C)c2C)s1.